The Bertz CT molecular complexity index is 497. The van der Waals surface area contributed by atoms with Crippen LogP contribution in [0, 0.1) is 5.92 Å². The quantitative estimate of drug-likeness (QED) is 0.874. The summed E-state index contributed by atoms with van der Waals surface area (Å²) in [4.78, 5) is 5.60. The molecule has 3 nitrogen and oxygen atoms in total. The first-order chi connectivity index (χ1) is 9.22. The molecule has 2 rings (SSSR count). The van der Waals surface area contributed by atoms with Gasteiger partial charge in [0.15, 0.2) is 0 Å². The molecule has 0 aliphatic carbocycles. The van der Waals surface area contributed by atoms with E-state index in [1.165, 1.54) is 4.88 Å². The van der Waals surface area contributed by atoms with Crippen LogP contribution in [0.2, 0.25) is 0 Å². The van der Waals surface area contributed by atoms with Crippen LogP contribution in [0.5, 0.6) is 5.88 Å². The highest BCUT2D eigenvalue weighted by molar-refractivity contribution is 7.10. The maximum atomic E-state index is 5.28. The molecule has 2 aromatic rings. The van der Waals surface area contributed by atoms with Gasteiger partial charge in [-0.2, -0.15) is 0 Å². The summed E-state index contributed by atoms with van der Waals surface area (Å²) in [6, 6.07) is 8.63. The van der Waals surface area contributed by atoms with Crippen molar-refractivity contribution in [3.05, 3.63) is 46.3 Å². The lowest BCUT2D eigenvalue weighted by molar-refractivity contribution is 0.379. The topological polar surface area (TPSA) is 34.1 Å². The summed E-state index contributed by atoms with van der Waals surface area (Å²) in [5, 5.41) is 5.73. The number of nitrogens with one attached hydrogen (secondary N) is 1. The molecule has 4 heteroatoms. The summed E-state index contributed by atoms with van der Waals surface area (Å²) >= 11 is 1.80. The number of pyridine rings is 1. The van der Waals surface area contributed by atoms with Crippen molar-refractivity contribution in [1.82, 2.24) is 10.3 Å². The second-order valence-electron chi connectivity index (χ2n) is 4.79. The second-order valence-corrected chi connectivity index (χ2v) is 5.77. The number of hydrogen-bond donors (Lipinski definition) is 1. The van der Waals surface area contributed by atoms with Gasteiger partial charge in [-0.15, -0.1) is 11.3 Å². The molecule has 0 spiro atoms. The van der Waals surface area contributed by atoms with Crippen molar-refractivity contribution in [2.75, 3.05) is 7.11 Å². The number of ether oxygens (including phenoxy) is 1. The lowest BCUT2D eigenvalue weighted by Gasteiger charge is -2.21. The third-order valence-corrected chi connectivity index (χ3v) is 4.03. The molecule has 0 bridgehead atoms. The first-order valence-electron chi connectivity index (χ1n) is 6.47. The Labute approximate surface area is 118 Å². The zero-order chi connectivity index (χ0) is 13.7. The Morgan fingerprint density at radius 1 is 1.32 bits per heavy atom. The van der Waals surface area contributed by atoms with Crippen molar-refractivity contribution in [1.29, 1.82) is 0 Å². The van der Waals surface area contributed by atoms with E-state index in [2.05, 4.69) is 41.7 Å². The highest BCUT2D eigenvalue weighted by atomic mass is 32.1. The van der Waals surface area contributed by atoms with E-state index in [9.17, 15) is 0 Å². The van der Waals surface area contributed by atoms with Crippen molar-refractivity contribution in [2.24, 2.45) is 5.92 Å². The highest BCUT2D eigenvalue weighted by Gasteiger charge is 2.16. The molecule has 0 radical (unpaired) electrons. The van der Waals surface area contributed by atoms with Crippen molar-refractivity contribution in [3.8, 4) is 5.88 Å². The van der Waals surface area contributed by atoms with Crippen LogP contribution >= 0.6 is 11.3 Å². The molecule has 19 heavy (non-hydrogen) atoms. The number of methoxy groups -OCH3 is 1. The molecule has 1 N–H and O–H groups in total. The Balaban J connectivity index is 2.07. The van der Waals surface area contributed by atoms with Crippen molar-refractivity contribution in [3.63, 3.8) is 0 Å². The van der Waals surface area contributed by atoms with Crippen LogP contribution in [-0.2, 0) is 6.54 Å². The molecule has 0 amide bonds. The minimum atomic E-state index is 0.366. The van der Waals surface area contributed by atoms with E-state index in [0.717, 1.165) is 12.1 Å². The molecule has 1 atom stereocenters. The van der Waals surface area contributed by atoms with Crippen molar-refractivity contribution < 1.29 is 4.74 Å². The third kappa shape index (κ3) is 3.55. The predicted octanol–water partition coefficient (Wildman–Crippen LogP) is 3.64. The molecule has 0 aliphatic heterocycles. The molecule has 0 fully saturated rings. The summed E-state index contributed by atoms with van der Waals surface area (Å²) in [5.41, 5.74) is 1.09. The predicted molar refractivity (Wildman–Crippen MR) is 79.5 cm³/mol. The van der Waals surface area contributed by atoms with Gasteiger partial charge < -0.3 is 10.1 Å². The molecule has 0 aromatic carbocycles. The number of rotatable bonds is 6. The summed E-state index contributed by atoms with van der Waals surface area (Å²) in [6.07, 6.45) is 1.75. The Hall–Kier alpha value is -1.39. The largest absolute Gasteiger partial charge is 0.481 e. The summed E-state index contributed by atoms with van der Waals surface area (Å²) in [6.45, 7) is 5.23. The summed E-state index contributed by atoms with van der Waals surface area (Å²) in [7, 11) is 1.66. The van der Waals surface area contributed by atoms with Crippen LogP contribution in [0.25, 0.3) is 0 Å². The maximum Gasteiger partial charge on any atom is 0.217 e. The fourth-order valence-electron chi connectivity index (χ4n) is 2.10. The Morgan fingerprint density at radius 2 is 2.16 bits per heavy atom. The molecule has 2 heterocycles. The number of thiophene rings is 1. The molecule has 2 aromatic heterocycles. The Kier molecular flexibility index (Phi) is 4.93. The van der Waals surface area contributed by atoms with Gasteiger partial charge in [-0.1, -0.05) is 26.0 Å². The monoisotopic (exact) mass is 276 g/mol. The van der Waals surface area contributed by atoms with Gasteiger partial charge in [0.2, 0.25) is 5.88 Å². The SMILES string of the molecule is COc1ncccc1CNC(c1cccs1)C(C)C. The lowest BCUT2D eigenvalue weighted by atomic mass is 10.0. The first kappa shape index (κ1) is 14.0. The van der Waals surface area contributed by atoms with E-state index < -0.39 is 0 Å². The van der Waals surface area contributed by atoms with Gasteiger partial charge in [-0.25, -0.2) is 4.98 Å². The smallest absolute Gasteiger partial charge is 0.217 e. The molecule has 1 unspecified atom stereocenters. The van der Waals surface area contributed by atoms with Gasteiger partial charge in [0.25, 0.3) is 0 Å². The van der Waals surface area contributed by atoms with Gasteiger partial charge in [-0.3, -0.25) is 0 Å². The van der Waals surface area contributed by atoms with E-state index in [1.807, 2.05) is 12.1 Å². The average Bonchev–Trinajstić information content (AvgIpc) is 2.93. The normalized spacial score (nSPS) is 12.6. The van der Waals surface area contributed by atoms with Crippen LogP contribution in [0.3, 0.4) is 0 Å². The number of hydrogen-bond acceptors (Lipinski definition) is 4. The first-order valence-corrected chi connectivity index (χ1v) is 7.35. The van der Waals surface area contributed by atoms with Crippen LogP contribution < -0.4 is 10.1 Å². The second kappa shape index (κ2) is 6.68. The lowest BCUT2D eigenvalue weighted by Crippen LogP contribution is -2.24. The average molecular weight is 276 g/mol. The zero-order valence-electron chi connectivity index (χ0n) is 11.6. The third-order valence-electron chi connectivity index (χ3n) is 3.07. The summed E-state index contributed by atoms with van der Waals surface area (Å²) in [5.74, 6) is 1.24. The van der Waals surface area contributed by atoms with E-state index in [0.29, 0.717) is 17.8 Å². The van der Waals surface area contributed by atoms with Crippen LogP contribution in [0.1, 0.15) is 30.3 Å². The molecular weight excluding hydrogens is 256 g/mol. The number of nitrogens with zero attached hydrogens (tertiary/aromatic N) is 1. The van der Waals surface area contributed by atoms with E-state index >= 15 is 0 Å². The van der Waals surface area contributed by atoms with Crippen molar-refractivity contribution in [2.45, 2.75) is 26.4 Å². The maximum absolute atomic E-state index is 5.28. The van der Waals surface area contributed by atoms with E-state index in [4.69, 9.17) is 4.74 Å². The summed E-state index contributed by atoms with van der Waals surface area (Å²) < 4.78 is 5.28. The Morgan fingerprint density at radius 3 is 2.79 bits per heavy atom. The molecule has 0 aliphatic rings. The molecular formula is C15H20N2OS. The molecule has 102 valence electrons. The molecule has 0 saturated carbocycles. The van der Waals surface area contributed by atoms with Gasteiger partial charge in [-0.05, 0) is 23.4 Å². The van der Waals surface area contributed by atoms with E-state index in [-0.39, 0.29) is 0 Å². The van der Waals surface area contributed by atoms with E-state index in [1.54, 1.807) is 24.6 Å². The van der Waals surface area contributed by atoms with Crippen LogP contribution in [0.15, 0.2) is 35.8 Å². The van der Waals surface area contributed by atoms with Gasteiger partial charge in [0.05, 0.1) is 7.11 Å². The van der Waals surface area contributed by atoms with Gasteiger partial charge in [0, 0.05) is 29.2 Å². The number of aromatic nitrogens is 1. The van der Waals surface area contributed by atoms with Gasteiger partial charge >= 0.3 is 0 Å². The fourth-order valence-corrected chi connectivity index (χ4v) is 3.07. The standard InChI is InChI=1S/C15H20N2OS/c1-11(2)14(13-7-5-9-19-13)17-10-12-6-4-8-16-15(12)18-3/h4-9,11,14,17H,10H2,1-3H3. The van der Waals surface area contributed by atoms with Gasteiger partial charge in [0.1, 0.15) is 0 Å². The highest BCUT2D eigenvalue weighted by Crippen LogP contribution is 2.26. The zero-order valence-corrected chi connectivity index (χ0v) is 12.4. The van der Waals surface area contributed by atoms with Crippen LogP contribution in [-0.4, -0.2) is 12.1 Å². The fraction of sp³-hybridized carbons (Fsp3) is 0.400. The van der Waals surface area contributed by atoms with Crippen LogP contribution in [0.4, 0.5) is 0 Å². The minimum absolute atomic E-state index is 0.366. The van der Waals surface area contributed by atoms with Crippen molar-refractivity contribution >= 4 is 11.3 Å². The minimum Gasteiger partial charge on any atom is -0.481 e. The molecule has 0 saturated heterocycles.